The molecule has 6 nitrogen and oxygen atoms in total. The quantitative estimate of drug-likeness (QED) is 0.868. The number of ether oxygens (including phenoxy) is 1. The van der Waals surface area contributed by atoms with Crippen molar-refractivity contribution in [2.45, 2.75) is 46.3 Å². The Bertz CT molecular complexity index is 652. The number of nitrogens with zero attached hydrogens (tertiary/aromatic N) is 1. The van der Waals surface area contributed by atoms with Crippen molar-refractivity contribution in [3.63, 3.8) is 0 Å². The normalized spacial score (nSPS) is 17.3. The maximum absolute atomic E-state index is 12.8. The molecule has 0 bridgehead atoms. The summed E-state index contributed by atoms with van der Waals surface area (Å²) in [6, 6.07) is 7.05. The van der Waals surface area contributed by atoms with Crippen LogP contribution in [0.15, 0.2) is 24.3 Å². The van der Waals surface area contributed by atoms with Crippen molar-refractivity contribution >= 4 is 29.2 Å². The molecule has 0 saturated carbocycles. The first-order chi connectivity index (χ1) is 10.7. The highest BCUT2D eigenvalue weighted by atomic mass is 16.5. The second kappa shape index (κ2) is 6.02. The molecule has 1 N–H and O–H groups in total. The van der Waals surface area contributed by atoms with Crippen LogP contribution in [-0.2, 0) is 19.1 Å². The van der Waals surface area contributed by atoms with E-state index in [2.05, 4.69) is 5.32 Å². The van der Waals surface area contributed by atoms with Crippen LogP contribution in [0.1, 0.15) is 34.6 Å². The molecular formula is C17H22N2O4. The van der Waals surface area contributed by atoms with Crippen molar-refractivity contribution < 1.29 is 19.1 Å². The summed E-state index contributed by atoms with van der Waals surface area (Å²) >= 11 is 0. The maximum atomic E-state index is 12.8. The number of anilines is 2. The summed E-state index contributed by atoms with van der Waals surface area (Å²) in [5.74, 6) is -1.48. The first kappa shape index (κ1) is 17.0. The molecule has 0 saturated heterocycles. The molecule has 1 aromatic carbocycles. The Labute approximate surface area is 135 Å². The lowest BCUT2D eigenvalue weighted by Crippen LogP contribution is -2.60. The van der Waals surface area contributed by atoms with E-state index in [1.807, 2.05) is 0 Å². The fourth-order valence-electron chi connectivity index (χ4n) is 2.39. The van der Waals surface area contributed by atoms with E-state index in [0.29, 0.717) is 11.4 Å². The van der Waals surface area contributed by atoms with E-state index < -0.39 is 23.5 Å². The fraction of sp³-hybridized carbons (Fsp3) is 0.471. The molecule has 1 heterocycles. The third-order valence-corrected chi connectivity index (χ3v) is 3.84. The molecule has 0 radical (unpaired) electrons. The van der Waals surface area contributed by atoms with Crippen molar-refractivity contribution in [3.8, 4) is 0 Å². The second-order valence-electron chi connectivity index (χ2n) is 6.44. The molecule has 0 fully saturated rings. The standard InChI is InChI=1S/C17H22N2O4/c1-10(2)15(21)23-11(3)14(20)19-13-9-7-6-8-12(13)18-16(22)17(19,4)5/h6-11H,1-5H3,(H,18,22)/t11-/m1/s1. The molecule has 0 unspecified atom stereocenters. The zero-order valence-corrected chi connectivity index (χ0v) is 14.0. The van der Waals surface area contributed by atoms with Crippen LogP contribution in [0.4, 0.5) is 11.4 Å². The first-order valence-electron chi connectivity index (χ1n) is 7.61. The SMILES string of the molecule is CC(C)C(=O)O[C@H](C)C(=O)N1c2ccccc2NC(=O)C1(C)C. The monoisotopic (exact) mass is 318 g/mol. The molecule has 124 valence electrons. The second-order valence-corrected chi connectivity index (χ2v) is 6.44. The lowest BCUT2D eigenvalue weighted by Gasteiger charge is -2.42. The molecule has 0 aliphatic carbocycles. The van der Waals surface area contributed by atoms with Gasteiger partial charge in [-0.15, -0.1) is 0 Å². The van der Waals surface area contributed by atoms with Gasteiger partial charge in [0, 0.05) is 0 Å². The van der Waals surface area contributed by atoms with Gasteiger partial charge in [0.1, 0.15) is 5.54 Å². The van der Waals surface area contributed by atoms with Crippen LogP contribution in [-0.4, -0.2) is 29.4 Å². The summed E-state index contributed by atoms with van der Waals surface area (Å²) in [6.45, 7) is 8.24. The summed E-state index contributed by atoms with van der Waals surface area (Å²) < 4.78 is 5.21. The number of amides is 2. The Morgan fingerprint density at radius 2 is 1.78 bits per heavy atom. The highest BCUT2D eigenvalue weighted by Gasteiger charge is 2.45. The Kier molecular flexibility index (Phi) is 4.45. The molecule has 1 aliphatic heterocycles. The summed E-state index contributed by atoms with van der Waals surface area (Å²) in [4.78, 5) is 38.3. The van der Waals surface area contributed by atoms with Crippen LogP contribution >= 0.6 is 0 Å². The summed E-state index contributed by atoms with van der Waals surface area (Å²) in [7, 11) is 0. The molecule has 0 aromatic heterocycles. The highest BCUT2D eigenvalue weighted by Crippen LogP contribution is 2.37. The molecule has 23 heavy (non-hydrogen) atoms. The van der Waals surface area contributed by atoms with Crippen molar-refractivity contribution in [2.24, 2.45) is 5.92 Å². The third-order valence-electron chi connectivity index (χ3n) is 3.84. The molecule has 1 atom stereocenters. The smallest absolute Gasteiger partial charge is 0.309 e. The van der Waals surface area contributed by atoms with E-state index in [4.69, 9.17) is 4.74 Å². The Balaban J connectivity index is 2.37. The minimum absolute atomic E-state index is 0.285. The average molecular weight is 318 g/mol. The Morgan fingerprint density at radius 1 is 1.17 bits per heavy atom. The number of rotatable bonds is 3. The molecule has 1 aliphatic rings. The van der Waals surface area contributed by atoms with Gasteiger partial charge >= 0.3 is 5.97 Å². The average Bonchev–Trinajstić information content (AvgIpc) is 2.47. The minimum Gasteiger partial charge on any atom is -0.452 e. The van der Waals surface area contributed by atoms with E-state index in [-0.39, 0.29) is 11.8 Å². The van der Waals surface area contributed by atoms with Gasteiger partial charge < -0.3 is 10.1 Å². The van der Waals surface area contributed by atoms with Gasteiger partial charge in [0.25, 0.3) is 5.91 Å². The van der Waals surface area contributed by atoms with Gasteiger partial charge in [0.05, 0.1) is 17.3 Å². The predicted octanol–water partition coefficient (Wildman–Crippen LogP) is 2.34. The number of fused-ring (bicyclic) bond motifs is 1. The third kappa shape index (κ3) is 3.06. The topological polar surface area (TPSA) is 75.7 Å². The number of nitrogens with one attached hydrogen (secondary N) is 1. The van der Waals surface area contributed by atoms with E-state index in [1.54, 1.807) is 52.0 Å². The van der Waals surface area contributed by atoms with Gasteiger partial charge in [0.15, 0.2) is 6.10 Å². The van der Waals surface area contributed by atoms with Crippen LogP contribution in [0.2, 0.25) is 0 Å². The van der Waals surface area contributed by atoms with Gasteiger partial charge in [-0.05, 0) is 32.9 Å². The number of carbonyl (C=O) groups excluding carboxylic acids is 3. The minimum atomic E-state index is -1.08. The molecular weight excluding hydrogens is 296 g/mol. The van der Waals surface area contributed by atoms with Crippen LogP contribution in [0.25, 0.3) is 0 Å². The number of carbonyl (C=O) groups is 3. The molecule has 1 aromatic rings. The number of esters is 1. The van der Waals surface area contributed by atoms with Gasteiger partial charge in [-0.2, -0.15) is 0 Å². The lowest BCUT2D eigenvalue weighted by atomic mass is 9.95. The molecule has 6 heteroatoms. The van der Waals surface area contributed by atoms with Gasteiger partial charge in [-0.1, -0.05) is 26.0 Å². The van der Waals surface area contributed by atoms with Crippen LogP contribution in [0, 0.1) is 5.92 Å². The maximum Gasteiger partial charge on any atom is 0.309 e. The molecule has 2 rings (SSSR count). The number of para-hydroxylation sites is 2. The zero-order valence-electron chi connectivity index (χ0n) is 14.0. The Morgan fingerprint density at radius 3 is 2.39 bits per heavy atom. The predicted molar refractivity (Wildman–Crippen MR) is 87.0 cm³/mol. The van der Waals surface area contributed by atoms with E-state index in [9.17, 15) is 14.4 Å². The van der Waals surface area contributed by atoms with Crippen LogP contribution < -0.4 is 10.2 Å². The van der Waals surface area contributed by atoms with Gasteiger partial charge in [-0.25, -0.2) is 0 Å². The van der Waals surface area contributed by atoms with Crippen molar-refractivity contribution in [3.05, 3.63) is 24.3 Å². The van der Waals surface area contributed by atoms with Gasteiger partial charge in [0.2, 0.25) is 5.91 Å². The fourth-order valence-corrected chi connectivity index (χ4v) is 2.39. The summed E-state index contributed by atoms with van der Waals surface area (Å²) in [5, 5.41) is 2.79. The van der Waals surface area contributed by atoms with Crippen LogP contribution in [0.5, 0.6) is 0 Å². The number of hydrogen-bond donors (Lipinski definition) is 1. The van der Waals surface area contributed by atoms with Crippen molar-refractivity contribution in [2.75, 3.05) is 10.2 Å². The summed E-state index contributed by atoms with van der Waals surface area (Å²) in [6.07, 6.45) is -0.969. The van der Waals surface area contributed by atoms with E-state index >= 15 is 0 Å². The van der Waals surface area contributed by atoms with Gasteiger partial charge in [-0.3, -0.25) is 19.3 Å². The lowest BCUT2D eigenvalue weighted by molar-refractivity contribution is -0.157. The van der Waals surface area contributed by atoms with E-state index in [1.165, 1.54) is 11.8 Å². The van der Waals surface area contributed by atoms with Crippen molar-refractivity contribution in [1.82, 2.24) is 0 Å². The van der Waals surface area contributed by atoms with E-state index in [0.717, 1.165) is 0 Å². The first-order valence-corrected chi connectivity index (χ1v) is 7.61. The molecule has 0 spiro atoms. The largest absolute Gasteiger partial charge is 0.452 e. The zero-order chi connectivity index (χ0) is 17.4. The van der Waals surface area contributed by atoms with Crippen LogP contribution in [0.3, 0.4) is 0 Å². The Hall–Kier alpha value is -2.37. The summed E-state index contributed by atoms with van der Waals surface area (Å²) in [5.41, 5.74) is 0.0753. The molecule has 2 amide bonds. The van der Waals surface area contributed by atoms with Crippen molar-refractivity contribution in [1.29, 1.82) is 0 Å². The number of benzene rings is 1. The number of hydrogen-bond acceptors (Lipinski definition) is 4. The highest BCUT2D eigenvalue weighted by molar-refractivity contribution is 6.15.